The predicted octanol–water partition coefficient (Wildman–Crippen LogP) is 3.99. The number of hydrogen-bond acceptors (Lipinski definition) is 4. The zero-order valence-electron chi connectivity index (χ0n) is 12.1. The van der Waals surface area contributed by atoms with Crippen molar-refractivity contribution in [1.82, 2.24) is 5.32 Å². The lowest BCUT2D eigenvalue weighted by molar-refractivity contribution is 0.0952. The number of anilines is 1. The van der Waals surface area contributed by atoms with Crippen LogP contribution in [-0.4, -0.2) is 11.8 Å². The largest absolute Gasteiger partial charge is 0.347 e. The Balaban J connectivity index is 1.72. The van der Waals surface area contributed by atoms with E-state index < -0.39 is 0 Å². The Bertz CT molecular complexity index is 796. The maximum Gasteiger partial charge on any atom is 0.256 e. The summed E-state index contributed by atoms with van der Waals surface area (Å²) < 4.78 is 0. The molecule has 0 aliphatic heterocycles. The second kappa shape index (κ2) is 7.21. The minimum atomic E-state index is -0.218. The van der Waals surface area contributed by atoms with E-state index in [0.29, 0.717) is 23.4 Å². The van der Waals surface area contributed by atoms with Gasteiger partial charge in [0, 0.05) is 10.3 Å². The first-order valence-electron chi connectivity index (χ1n) is 6.97. The summed E-state index contributed by atoms with van der Waals surface area (Å²) in [5.74, 6) is -0.427. The number of benzene rings is 1. The third kappa shape index (κ3) is 3.85. The van der Waals surface area contributed by atoms with Crippen LogP contribution >= 0.6 is 22.7 Å². The summed E-state index contributed by atoms with van der Waals surface area (Å²) in [7, 11) is 0. The number of carbonyl (C=O) groups is 2. The molecule has 6 heteroatoms. The molecule has 0 radical (unpaired) electrons. The van der Waals surface area contributed by atoms with Crippen LogP contribution in [0.2, 0.25) is 0 Å². The molecule has 23 heavy (non-hydrogen) atoms. The highest BCUT2D eigenvalue weighted by atomic mass is 32.1. The van der Waals surface area contributed by atoms with Gasteiger partial charge in [-0.25, -0.2) is 0 Å². The minimum absolute atomic E-state index is 0.209. The molecule has 2 aromatic heterocycles. The van der Waals surface area contributed by atoms with Crippen LogP contribution in [0.5, 0.6) is 0 Å². The maximum absolute atomic E-state index is 12.4. The topological polar surface area (TPSA) is 58.2 Å². The molecule has 0 aliphatic rings. The van der Waals surface area contributed by atoms with Crippen molar-refractivity contribution in [2.45, 2.75) is 6.54 Å². The van der Waals surface area contributed by atoms with Crippen LogP contribution in [0, 0.1) is 0 Å². The molecular weight excluding hydrogens is 328 g/mol. The van der Waals surface area contributed by atoms with Gasteiger partial charge in [0.25, 0.3) is 11.8 Å². The first kappa shape index (κ1) is 15.5. The second-order valence-corrected chi connectivity index (χ2v) is 6.59. The fourth-order valence-corrected chi connectivity index (χ4v) is 3.33. The summed E-state index contributed by atoms with van der Waals surface area (Å²) in [6, 6.07) is 12.7. The lowest BCUT2D eigenvalue weighted by Crippen LogP contribution is -2.24. The molecule has 2 heterocycles. The molecule has 0 saturated heterocycles. The normalized spacial score (nSPS) is 10.3. The molecule has 2 N–H and O–H groups in total. The summed E-state index contributed by atoms with van der Waals surface area (Å²) in [5.41, 5.74) is 1.55. The standard InChI is InChI=1S/C17H14N2O2S2/c20-16(12-7-9-22-11-12)19-15-6-2-1-5-14(15)17(21)18-10-13-4-3-8-23-13/h1-9,11H,10H2,(H,18,21)(H,19,20). The van der Waals surface area contributed by atoms with E-state index in [1.54, 1.807) is 47.0 Å². The van der Waals surface area contributed by atoms with Gasteiger partial charge in [0.2, 0.25) is 0 Å². The fourth-order valence-electron chi connectivity index (χ4n) is 2.05. The van der Waals surface area contributed by atoms with Crippen molar-refractivity contribution < 1.29 is 9.59 Å². The van der Waals surface area contributed by atoms with E-state index in [9.17, 15) is 9.59 Å². The molecule has 0 aliphatic carbocycles. The molecule has 116 valence electrons. The summed E-state index contributed by atoms with van der Waals surface area (Å²) in [6.07, 6.45) is 0. The van der Waals surface area contributed by atoms with Gasteiger partial charge in [-0.2, -0.15) is 11.3 Å². The van der Waals surface area contributed by atoms with Crippen molar-refractivity contribution in [3.8, 4) is 0 Å². The molecule has 0 fully saturated rings. The number of rotatable bonds is 5. The van der Waals surface area contributed by atoms with E-state index >= 15 is 0 Å². The van der Waals surface area contributed by atoms with Gasteiger partial charge in [0.1, 0.15) is 0 Å². The van der Waals surface area contributed by atoms with E-state index in [1.165, 1.54) is 11.3 Å². The molecule has 0 atom stereocenters. The smallest absolute Gasteiger partial charge is 0.256 e. The number of amides is 2. The highest BCUT2D eigenvalue weighted by molar-refractivity contribution is 7.09. The Hall–Kier alpha value is -2.44. The molecule has 0 unspecified atom stereocenters. The van der Waals surface area contributed by atoms with Gasteiger partial charge in [-0.1, -0.05) is 18.2 Å². The third-order valence-corrected chi connectivity index (χ3v) is 4.77. The van der Waals surface area contributed by atoms with E-state index in [0.717, 1.165) is 4.88 Å². The van der Waals surface area contributed by atoms with Gasteiger partial charge in [0.05, 0.1) is 23.4 Å². The van der Waals surface area contributed by atoms with E-state index in [2.05, 4.69) is 10.6 Å². The zero-order valence-corrected chi connectivity index (χ0v) is 13.7. The third-order valence-electron chi connectivity index (χ3n) is 3.21. The summed E-state index contributed by atoms with van der Waals surface area (Å²) >= 11 is 3.05. The Morgan fingerprint density at radius 2 is 1.83 bits per heavy atom. The minimum Gasteiger partial charge on any atom is -0.347 e. The van der Waals surface area contributed by atoms with Gasteiger partial charge in [0.15, 0.2) is 0 Å². The van der Waals surface area contributed by atoms with E-state index in [4.69, 9.17) is 0 Å². The molecule has 0 bridgehead atoms. The first-order valence-corrected chi connectivity index (χ1v) is 8.79. The average molecular weight is 342 g/mol. The summed E-state index contributed by atoms with van der Waals surface area (Å²) in [4.78, 5) is 25.6. The lowest BCUT2D eigenvalue weighted by Gasteiger charge is -2.10. The summed E-state index contributed by atoms with van der Waals surface area (Å²) in [5, 5.41) is 11.3. The van der Waals surface area contributed by atoms with Gasteiger partial charge in [-0.3, -0.25) is 9.59 Å². The Morgan fingerprint density at radius 1 is 0.957 bits per heavy atom. The Kier molecular flexibility index (Phi) is 4.85. The highest BCUT2D eigenvalue weighted by Crippen LogP contribution is 2.17. The molecule has 0 spiro atoms. The van der Waals surface area contributed by atoms with Crippen molar-refractivity contribution in [2.24, 2.45) is 0 Å². The number of nitrogens with one attached hydrogen (secondary N) is 2. The Labute approximate surface area is 141 Å². The maximum atomic E-state index is 12.4. The van der Waals surface area contributed by atoms with Crippen LogP contribution in [0.25, 0.3) is 0 Å². The van der Waals surface area contributed by atoms with Crippen molar-refractivity contribution in [3.63, 3.8) is 0 Å². The van der Waals surface area contributed by atoms with Gasteiger partial charge < -0.3 is 10.6 Å². The molecule has 0 saturated carbocycles. The van der Waals surface area contributed by atoms with Gasteiger partial charge in [-0.05, 0) is 35.0 Å². The molecule has 4 nitrogen and oxygen atoms in total. The second-order valence-electron chi connectivity index (χ2n) is 4.77. The summed E-state index contributed by atoms with van der Waals surface area (Å²) in [6.45, 7) is 0.476. The van der Waals surface area contributed by atoms with Crippen LogP contribution in [0.15, 0.2) is 58.6 Å². The molecule has 3 rings (SSSR count). The molecule has 1 aromatic carbocycles. The van der Waals surface area contributed by atoms with Crippen molar-refractivity contribution >= 4 is 40.2 Å². The van der Waals surface area contributed by atoms with Crippen LogP contribution in [0.1, 0.15) is 25.6 Å². The van der Waals surface area contributed by atoms with Crippen molar-refractivity contribution in [2.75, 3.05) is 5.32 Å². The van der Waals surface area contributed by atoms with Crippen molar-refractivity contribution in [1.29, 1.82) is 0 Å². The van der Waals surface area contributed by atoms with Crippen LogP contribution < -0.4 is 10.6 Å². The predicted molar refractivity (Wildman–Crippen MR) is 94.2 cm³/mol. The van der Waals surface area contributed by atoms with Gasteiger partial charge in [-0.15, -0.1) is 11.3 Å². The first-order chi connectivity index (χ1) is 11.2. The van der Waals surface area contributed by atoms with Crippen LogP contribution in [0.3, 0.4) is 0 Å². The van der Waals surface area contributed by atoms with Crippen molar-refractivity contribution in [3.05, 3.63) is 74.6 Å². The molecular formula is C17H14N2O2S2. The van der Waals surface area contributed by atoms with Gasteiger partial charge >= 0.3 is 0 Å². The monoisotopic (exact) mass is 342 g/mol. The average Bonchev–Trinajstić information content (AvgIpc) is 3.26. The molecule has 2 amide bonds. The van der Waals surface area contributed by atoms with E-state index in [1.807, 2.05) is 22.9 Å². The lowest BCUT2D eigenvalue weighted by atomic mass is 10.1. The zero-order chi connectivity index (χ0) is 16.1. The quantitative estimate of drug-likeness (QED) is 0.736. The SMILES string of the molecule is O=C(Nc1ccccc1C(=O)NCc1cccs1)c1ccsc1. The molecule has 3 aromatic rings. The number of hydrogen-bond donors (Lipinski definition) is 2. The van der Waals surface area contributed by atoms with Crippen LogP contribution in [-0.2, 0) is 6.54 Å². The van der Waals surface area contributed by atoms with E-state index in [-0.39, 0.29) is 11.8 Å². The number of carbonyl (C=O) groups excluding carboxylic acids is 2. The van der Waals surface area contributed by atoms with Crippen LogP contribution in [0.4, 0.5) is 5.69 Å². The number of thiophene rings is 2. The highest BCUT2D eigenvalue weighted by Gasteiger charge is 2.14. The Morgan fingerprint density at radius 3 is 2.57 bits per heavy atom. The number of para-hydroxylation sites is 1. The fraction of sp³-hybridized carbons (Fsp3) is 0.0588.